The highest BCUT2D eigenvalue weighted by atomic mass is 19.4. The lowest BCUT2D eigenvalue weighted by atomic mass is 10.1. The molecule has 1 aromatic heterocycles. The zero-order valence-corrected chi connectivity index (χ0v) is 14.6. The molecule has 0 saturated heterocycles. The zero-order chi connectivity index (χ0) is 20.6. The number of para-hydroxylation sites is 2. The van der Waals surface area contributed by atoms with E-state index in [9.17, 15) is 23.3 Å². The third-order valence-corrected chi connectivity index (χ3v) is 4.21. The van der Waals surface area contributed by atoms with E-state index < -0.39 is 16.7 Å². The van der Waals surface area contributed by atoms with Gasteiger partial charge in [-0.25, -0.2) is 4.98 Å². The second-order valence-electron chi connectivity index (χ2n) is 6.17. The first-order valence-electron chi connectivity index (χ1n) is 8.40. The van der Waals surface area contributed by atoms with Crippen LogP contribution in [0.5, 0.6) is 11.5 Å². The number of hydrogen-bond donors (Lipinski definition) is 1. The van der Waals surface area contributed by atoms with Gasteiger partial charge < -0.3 is 9.72 Å². The molecule has 0 spiro atoms. The van der Waals surface area contributed by atoms with Gasteiger partial charge in [-0.15, -0.1) is 0 Å². The smallest absolute Gasteiger partial charge is 0.416 e. The molecule has 4 aromatic rings. The Hall–Kier alpha value is -3.88. The molecular formula is C20H12F3N3O3. The van der Waals surface area contributed by atoms with Crippen LogP contribution >= 0.6 is 0 Å². The Morgan fingerprint density at radius 1 is 1.00 bits per heavy atom. The molecule has 3 aromatic carbocycles. The van der Waals surface area contributed by atoms with Crippen LogP contribution in [0.1, 0.15) is 5.56 Å². The second-order valence-corrected chi connectivity index (χ2v) is 6.17. The topological polar surface area (TPSA) is 81.0 Å². The number of nitro groups is 1. The fourth-order valence-electron chi connectivity index (χ4n) is 2.85. The molecule has 9 heteroatoms. The SMILES string of the molecule is O=[N+]([O-])c1cc(-c2nc3ccccc3[nH]2)ccc1Oc1cccc(C(F)(F)F)c1. The van der Waals surface area contributed by atoms with E-state index in [2.05, 4.69) is 9.97 Å². The molecule has 0 saturated carbocycles. The first-order valence-corrected chi connectivity index (χ1v) is 8.40. The van der Waals surface area contributed by atoms with Gasteiger partial charge in [0.25, 0.3) is 0 Å². The van der Waals surface area contributed by atoms with Gasteiger partial charge in [-0.2, -0.15) is 13.2 Å². The van der Waals surface area contributed by atoms with Crippen molar-refractivity contribution >= 4 is 16.7 Å². The summed E-state index contributed by atoms with van der Waals surface area (Å²) in [5.74, 6) is 0.105. The van der Waals surface area contributed by atoms with E-state index in [1.54, 1.807) is 12.1 Å². The maximum Gasteiger partial charge on any atom is 0.416 e. The number of ether oxygens (including phenoxy) is 1. The number of halogens is 3. The van der Waals surface area contributed by atoms with Gasteiger partial charge in [0.1, 0.15) is 11.6 Å². The molecule has 29 heavy (non-hydrogen) atoms. The number of hydrogen-bond acceptors (Lipinski definition) is 4. The minimum absolute atomic E-state index is 0.153. The largest absolute Gasteiger partial charge is 0.450 e. The number of aromatic nitrogens is 2. The number of nitrogens with zero attached hydrogens (tertiary/aromatic N) is 2. The van der Waals surface area contributed by atoms with E-state index in [-0.39, 0.29) is 17.2 Å². The van der Waals surface area contributed by atoms with Crippen LogP contribution in [0.2, 0.25) is 0 Å². The van der Waals surface area contributed by atoms with Crippen LogP contribution in [0, 0.1) is 10.1 Å². The normalized spacial score (nSPS) is 11.6. The summed E-state index contributed by atoms with van der Waals surface area (Å²) in [5, 5.41) is 11.5. The molecule has 146 valence electrons. The predicted octanol–water partition coefficient (Wildman–Crippen LogP) is 5.95. The number of nitrogens with one attached hydrogen (secondary N) is 1. The van der Waals surface area contributed by atoms with Crippen LogP contribution in [-0.4, -0.2) is 14.9 Å². The molecule has 0 aliphatic rings. The van der Waals surface area contributed by atoms with Crippen molar-refractivity contribution in [3.63, 3.8) is 0 Å². The Morgan fingerprint density at radius 2 is 1.79 bits per heavy atom. The van der Waals surface area contributed by atoms with Crippen molar-refractivity contribution < 1.29 is 22.8 Å². The number of benzene rings is 3. The van der Waals surface area contributed by atoms with Gasteiger partial charge in [0, 0.05) is 11.6 Å². The summed E-state index contributed by atoms with van der Waals surface area (Å²) in [5.41, 5.74) is 0.630. The van der Waals surface area contributed by atoms with Crippen molar-refractivity contribution in [1.29, 1.82) is 0 Å². The molecule has 1 N–H and O–H groups in total. The molecule has 0 atom stereocenters. The average molecular weight is 399 g/mol. The summed E-state index contributed by atoms with van der Waals surface area (Å²) >= 11 is 0. The summed E-state index contributed by atoms with van der Waals surface area (Å²) in [6.45, 7) is 0. The average Bonchev–Trinajstić information content (AvgIpc) is 3.12. The van der Waals surface area contributed by atoms with Gasteiger partial charge in [0.2, 0.25) is 5.75 Å². The van der Waals surface area contributed by atoms with Crippen LogP contribution in [0.25, 0.3) is 22.4 Å². The fourth-order valence-corrected chi connectivity index (χ4v) is 2.85. The molecule has 1 heterocycles. The van der Waals surface area contributed by atoms with E-state index in [4.69, 9.17) is 4.74 Å². The zero-order valence-electron chi connectivity index (χ0n) is 14.6. The van der Waals surface area contributed by atoms with Gasteiger partial charge >= 0.3 is 11.9 Å². The maximum atomic E-state index is 12.9. The predicted molar refractivity (Wildman–Crippen MR) is 99.7 cm³/mol. The molecule has 0 aliphatic heterocycles. The van der Waals surface area contributed by atoms with Crippen LogP contribution in [0.3, 0.4) is 0 Å². The van der Waals surface area contributed by atoms with E-state index in [1.165, 1.54) is 24.3 Å². The Balaban J connectivity index is 1.71. The van der Waals surface area contributed by atoms with Gasteiger partial charge in [0.05, 0.1) is 21.5 Å². The van der Waals surface area contributed by atoms with Crippen molar-refractivity contribution in [3.8, 4) is 22.9 Å². The molecule has 0 unspecified atom stereocenters. The van der Waals surface area contributed by atoms with E-state index in [0.29, 0.717) is 16.9 Å². The summed E-state index contributed by atoms with van der Waals surface area (Å²) in [4.78, 5) is 18.3. The molecule has 0 aliphatic carbocycles. The fraction of sp³-hybridized carbons (Fsp3) is 0.0500. The lowest BCUT2D eigenvalue weighted by molar-refractivity contribution is -0.385. The Bertz CT molecular complexity index is 1190. The maximum absolute atomic E-state index is 12.9. The van der Waals surface area contributed by atoms with Crippen molar-refractivity contribution in [2.45, 2.75) is 6.18 Å². The standard InChI is InChI=1S/C20H12F3N3O3/c21-20(22,23)13-4-3-5-14(11-13)29-18-9-8-12(10-17(18)26(27)28)19-24-15-6-1-2-7-16(15)25-19/h1-11H,(H,24,25). The van der Waals surface area contributed by atoms with Crippen LogP contribution in [0.4, 0.5) is 18.9 Å². The monoisotopic (exact) mass is 399 g/mol. The van der Waals surface area contributed by atoms with Gasteiger partial charge in [-0.05, 0) is 42.5 Å². The van der Waals surface area contributed by atoms with Gasteiger partial charge in [0.15, 0.2) is 0 Å². The number of rotatable bonds is 4. The molecule has 0 fully saturated rings. The van der Waals surface area contributed by atoms with Gasteiger partial charge in [-0.3, -0.25) is 10.1 Å². The lowest BCUT2D eigenvalue weighted by Crippen LogP contribution is -2.04. The Kier molecular flexibility index (Phi) is 4.42. The summed E-state index contributed by atoms with van der Waals surface area (Å²) in [7, 11) is 0. The van der Waals surface area contributed by atoms with Crippen molar-refractivity contribution in [1.82, 2.24) is 9.97 Å². The van der Waals surface area contributed by atoms with E-state index in [0.717, 1.165) is 17.6 Å². The first kappa shape index (κ1) is 18.5. The van der Waals surface area contributed by atoms with Crippen LogP contribution in [-0.2, 0) is 6.18 Å². The van der Waals surface area contributed by atoms with E-state index >= 15 is 0 Å². The van der Waals surface area contributed by atoms with Crippen molar-refractivity contribution in [2.24, 2.45) is 0 Å². The number of imidazole rings is 1. The third-order valence-electron chi connectivity index (χ3n) is 4.21. The van der Waals surface area contributed by atoms with Crippen LogP contribution < -0.4 is 4.74 Å². The minimum Gasteiger partial charge on any atom is -0.450 e. The molecule has 4 rings (SSSR count). The highest BCUT2D eigenvalue weighted by molar-refractivity contribution is 5.79. The molecule has 6 nitrogen and oxygen atoms in total. The summed E-state index contributed by atoms with van der Waals surface area (Å²) < 4.78 is 44.0. The first-order chi connectivity index (χ1) is 13.8. The number of aromatic amines is 1. The number of nitro benzene ring substituents is 1. The Labute approximate surface area is 161 Å². The molecular weight excluding hydrogens is 387 g/mol. The number of fused-ring (bicyclic) bond motifs is 1. The highest BCUT2D eigenvalue weighted by Crippen LogP contribution is 2.37. The molecule has 0 amide bonds. The van der Waals surface area contributed by atoms with Gasteiger partial charge in [-0.1, -0.05) is 18.2 Å². The second kappa shape index (κ2) is 6.93. The summed E-state index contributed by atoms with van der Waals surface area (Å²) in [6, 6.07) is 15.6. The Morgan fingerprint density at radius 3 is 2.52 bits per heavy atom. The third kappa shape index (κ3) is 3.75. The molecule has 0 bridgehead atoms. The van der Waals surface area contributed by atoms with E-state index in [1.807, 2.05) is 18.2 Å². The molecule has 0 radical (unpaired) electrons. The van der Waals surface area contributed by atoms with Crippen molar-refractivity contribution in [3.05, 3.63) is 82.4 Å². The van der Waals surface area contributed by atoms with Crippen molar-refractivity contribution in [2.75, 3.05) is 0 Å². The summed E-state index contributed by atoms with van der Waals surface area (Å²) in [6.07, 6.45) is -4.55. The number of H-pyrrole nitrogens is 1. The quantitative estimate of drug-likeness (QED) is 0.340. The number of alkyl halides is 3. The van der Waals surface area contributed by atoms with Crippen LogP contribution in [0.15, 0.2) is 66.7 Å². The lowest BCUT2D eigenvalue weighted by Gasteiger charge is -2.10. The minimum atomic E-state index is -4.55. The highest BCUT2D eigenvalue weighted by Gasteiger charge is 2.31.